The molecule has 0 aromatic heterocycles. The predicted octanol–water partition coefficient (Wildman–Crippen LogP) is 2.99. The minimum absolute atomic E-state index is 0.104. The Morgan fingerprint density at radius 2 is 1.90 bits per heavy atom. The minimum atomic E-state index is 0.104. The minimum Gasteiger partial charge on any atom is -0.497 e. The molecular formula is C17H28N2OS. The van der Waals surface area contributed by atoms with Gasteiger partial charge in [-0.1, -0.05) is 26.0 Å². The third kappa shape index (κ3) is 3.93. The maximum absolute atomic E-state index is 6.18. The number of hydrogen-bond donors (Lipinski definition) is 1. The number of nitrogens with zero attached hydrogens (tertiary/aromatic N) is 1. The van der Waals surface area contributed by atoms with Crippen molar-refractivity contribution in [1.29, 1.82) is 0 Å². The standard InChI is InChI=1S/C17H28N2OS/c1-16(2)10-17(11-18,13-21-12-16)19(3)9-14-5-7-15(20-4)8-6-14/h5-8H,9-13,18H2,1-4H3. The van der Waals surface area contributed by atoms with Gasteiger partial charge in [0.15, 0.2) is 0 Å². The van der Waals surface area contributed by atoms with Gasteiger partial charge >= 0.3 is 0 Å². The van der Waals surface area contributed by atoms with Gasteiger partial charge in [-0.15, -0.1) is 0 Å². The van der Waals surface area contributed by atoms with Crippen molar-refractivity contribution in [2.24, 2.45) is 11.1 Å². The Morgan fingerprint density at radius 3 is 2.43 bits per heavy atom. The van der Waals surface area contributed by atoms with E-state index < -0.39 is 0 Å². The van der Waals surface area contributed by atoms with Crippen molar-refractivity contribution < 1.29 is 4.74 Å². The van der Waals surface area contributed by atoms with E-state index in [-0.39, 0.29) is 5.54 Å². The molecule has 4 heteroatoms. The van der Waals surface area contributed by atoms with Gasteiger partial charge in [-0.25, -0.2) is 0 Å². The van der Waals surface area contributed by atoms with E-state index in [1.54, 1.807) is 7.11 Å². The molecule has 0 saturated carbocycles. The SMILES string of the molecule is COc1ccc(CN(C)C2(CN)CSCC(C)(C)C2)cc1. The van der Waals surface area contributed by atoms with E-state index in [2.05, 4.69) is 37.9 Å². The average molecular weight is 308 g/mol. The lowest BCUT2D eigenvalue weighted by Gasteiger charge is -2.49. The molecule has 0 bridgehead atoms. The van der Waals surface area contributed by atoms with Crippen LogP contribution in [0.3, 0.4) is 0 Å². The third-order valence-electron chi connectivity index (χ3n) is 4.44. The largest absolute Gasteiger partial charge is 0.497 e. The lowest BCUT2D eigenvalue weighted by molar-refractivity contribution is 0.0870. The molecule has 2 N–H and O–H groups in total. The second kappa shape index (κ2) is 6.59. The number of methoxy groups -OCH3 is 1. The number of ether oxygens (including phenoxy) is 1. The van der Waals surface area contributed by atoms with Crippen molar-refractivity contribution in [3.05, 3.63) is 29.8 Å². The number of thioether (sulfide) groups is 1. The molecule has 1 aliphatic rings. The molecule has 1 fully saturated rings. The molecule has 1 aliphatic heterocycles. The molecule has 0 amide bonds. The third-order valence-corrected chi connectivity index (χ3v) is 6.17. The van der Waals surface area contributed by atoms with Crippen molar-refractivity contribution in [3.63, 3.8) is 0 Å². The fourth-order valence-electron chi connectivity index (χ4n) is 3.21. The van der Waals surface area contributed by atoms with Gasteiger partial charge in [0.2, 0.25) is 0 Å². The second-order valence-corrected chi connectivity index (χ2v) is 7.95. The van der Waals surface area contributed by atoms with E-state index >= 15 is 0 Å². The first kappa shape index (κ1) is 16.7. The van der Waals surface area contributed by atoms with Crippen molar-refractivity contribution in [2.45, 2.75) is 32.4 Å². The normalized spacial score (nSPS) is 25.0. The van der Waals surface area contributed by atoms with Crippen molar-refractivity contribution in [1.82, 2.24) is 4.90 Å². The number of benzene rings is 1. The zero-order valence-corrected chi connectivity index (χ0v) is 14.5. The zero-order chi connectivity index (χ0) is 15.5. The zero-order valence-electron chi connectivity index (χ0n) is 13.7. The first-order chi connectivity index (χ1) is 9.91. The summed E-state index contributed by atoms with van der Waals surface area (Å²) in [6.07, 6.45) is 1.16. The van der Waals surface area contributed by atoms with E-state index in [9.17, 15) is 0 Å². The van der Waals surface area contributed by atoms with Gasteiger partial charge in [0.25, 0.3) is 0 Å². The summed E-state index contributed by atoms with van der Waals surface area (Å²) in [7, 11) is 3.91. The van der Waals surface area contributed by atoms with Crippen LogP contribution in [0.4, 0.5) is 0 Å². The number of nitrogens with two attached hydrogens (primary N) is 1. The molecule has 1 aromatic carbocycles. The molecule has 1 unspecified atom stereocenters. The van der Waals surface area contributed by atoms with Gasteiger partial charge < -0.3 is 10.5 Å². The lowest BCUT2D eigenvalue weighted by Crippen LogP contribution is -2.58. The van der Waals surface area contributed by atoms with Crippen LogP contribution in [0.2, 0.25) is 0 Å². The quantitative estimate of drug-likeness (QED) is 0.907. The number of hydrogen-bond acceptors (Lipinski definition) is 4. The van der Waals surface area contributed by atoms with Gasteiger partial charge in [0, 0.05) is 24.4 Å². The highest BCUT2D eigenvalue weighted by atomic mass is 32.2. The fraction of sp³-hybridized carbons (Fsp3) is 0.647. The summed E-state index contributed by atoms with van der Waals surface area (Å²) in [5.74, 6) is 3.26. The molecular weight excluding hydrogens is 280 g/mol. The van der Waals surface area contributed by atoms with Crippen LogP contribution in [-0.2, 0) is 6.54 Å². The summed E-state index contributed by atoms with van der Waals surface area (Å²) in [5, 5.41) is 0. The first-order valence-electron chi connectivity index (χ1n) is 7.53. The topological polar surface area (TPSA) is 38.5 Å². The van der Waals surface area contributed by atoms with Crippen LogP contribution >= 0.6 is 11.8 Å². The molecule has 21 heavy (non-hydrogen) atoms. The van der Waals surface area contributed by atoms with Crippen LogP contribution in [0.15, 0.2) is 24.3 Å². The highest BCUT2D eigenvalue weighted by Gasteiger charge is 2.42. The average Bonchev–Trinajstić information content (AvgIpc) is 2.46. The number of likely N-dealkylation sites (N-methyl/N-ethyl adjacent to an activating group) is 1. The summed E-state index contributed by atoms with van der Waals surface area (Å²) >= 11 is 2.04. The van der Waals surface area contributed by atoms with Crippen LogP contribution < -0.4 is 10.5 Å². The van der Waals surface area contributed by atoms with Crippen LogP contribution in [0, 0.1) is 5.41 Å². The fourth-order valence-corrected chi connectivity index (χ4v) is 4.79. The van der Waals surface area contributed by atoms with Crippen LogP contribution in [0.25, 0.3) is 0 Å². The molecule has 0 radical (unpaired) electrons. The summed E-state index contributed by atoms with van der Waals surface area (Å²) in [5.41, 5.74) is 7.95. The smallest absolute Gasteiger partial charge is 0.118 e. The monoisotopic (exact) mass is 308 g/mol. The van der Waals surface area contributed by atoms with E-state index in [1.807, 2.05) is 23.9 Å². The summed E-state index contributed by atoms with van der Waals surface area (Å²) in [6, 6.07) is 8.33. The second-order valence-electron chi connectivity index (χ2n) is 6.97. The van der Waals surface area contributed by atoms with Crippen molar-refractivity contribution >= 4 is 11.8 Å². The maximum Gasteiger partial charge on any atom is 0.118 e. The van der Waals surface area contributed by atoms with Gasteiger partial charge in [0.05, 0.1) is 7.11 Å². The lowest BCUT2D eigenvalue weighted by atomic mass is 9.79. The summed E-state index contributed by atoms with van der Waals surface area (Å²) in [6.45, 7) is 6.35. The van der Waals surface area contributed by atoms with E-state index in [0.29, 0.717) is 5.41 Å². The molecule has 0 aliphatic carbocycles. The van der Waals surface area contributed by atoms with Gasteiger partial charge in [-0.3, -0.25) is 4.90 Å². The molecule has 1 aromatic rings. The van der Waals surface area contributed by atoms with Gasteiger partial charge in [0.1, 0.15) is 5.75 Å². The Hall–Kier alpha value is -0.710. The summed E-state index contributed by atoms with van der Waals surface area (Å²) < 4.78 is 5.22. The Bertz CT molecular complexity index is 460. The highest BCUT2D eigenvalue weighted by molar-refractivity contribution is 7.99. The Labute approximate surface area is 133 Å². The molecule has 3 nitrogen and oxygen atoms in total. The molecule has 1 heterocycles. The van der Waals surface area contributed by atoms with Crippen LogP contribution in [0.5, 0.6) is 5.75 Å². The molecule has 2 rings (SSSR count). The van der Waals surface area contributed by atoms with Crippen LogP contribution in [-0.4, -0.2) is 42.6 Å². The highest BCUT2D eigenvalue weighted by Crippen LogP contribution is 2.41. The van der Waals surface area contributed by atoms with Gasteiger partial charge in [-0.05, 0) is 42.3 Å². The molecule has 0 spiro atoms. The predicted molar refractivity (Wildman–Crippen MR) is 92.0 cm³/mol. The Kier molecular flexibility index (Phi) is 5.23. The van der Waals surface area contributed by atoms with E-state index in [0.717, 1.165) is 31.0 Å². The number of rotatable bonds is 5. The Balaban J connectivity index is 2.10. The van der Waals surface area contributed by atoms with Crippen molar-refractivity contribution in [2.75, 3.05) is 32.2 Å². The maximum atomic E-state index is 6.18. The van der Waals surface area contributed by atoms with Crippen molar-refractivity contribution in [3.8, 4) is 5.75 Å². The van der Waals surface area contributed by atoms with Gasteiger partial charge in [-0.2, -0.15) is 11.8 Å². The first-order valence-corrected chi connectivity index (χ1v) is 8.68. The Morgan fingerprint density at radius 1 is 1.24 bits per heavy atom. The molecule has 1 saturated heterocycles. The summed E-state index contributed by atoms with van der Waals surface area (Å²) in [4.78, 5) is 2.45. The van der Waals surface area contributed by atoms with Crippen LogP contribution in [0.1, 0.15) is 25.8 Å². The molecule has 1 atom stereocenters. The van der Waals surface area contributed by atoms with E-state index in [1.165, 1.54) is 11.3 Å². The van der Waals surface area contributed by atoms with E-state index in [4.69, 9.17) is 10.5 Å². The molecule has 118 valence electrons.